The zero-order valence-electron chi connectivity index (χ0n) is 59.5. The Balaban J connectivity index is 2.08. The molecule has 0 aromatic rings. The molecule has 9 heteroatoms. The Hall–Kier alpha value is -1.33. The van der Waals surface area contributed by atoms with Crippen LogP contribution >= 0.6 is 0 Å². The summed E-state index contributed by atoms with van der Waals surface area (Å²) >= 11 is 0. The van der Waals surface area contributed by atoms with E-state index >= 15 is 0 Å². The fourth-order valence-electron chi connectivity index (χ4n) is 13.3. The second-order valence-electron chi connectivity index (χ2n) is 28.2. The molecule has 1 aliphatic heterocycles. The summed E-state index contributed by atoms with van der Waals surface area (Å²) in [6, 6.07) is -0.821. The van der Waals surface area contributed by atoms with Crippen molar-refractivity contribution in [2.24, 2.45) is 0 Å². The lowest BCUT2D eigenvalue weighted by molar-refractivity contribution is -0.302. The van der Waals surface area contributed by atoms with Crippen LogP contribution < -0.4 is 5.32 Å². The molecule has 0 radical (unpaired) electrons. The first-order valence-electron chi connectivity index (χ1n) is 40.1. The lowest BCUT2D eigenvalue weighted by Gasteiger charge is -2.40. The topological polar surface area (TPSA) is 149 Å². The van der Waals surface area contributed by atoms with E-state index in [-0.39, 0.29) is 12.5 Å². The number of aliphatic hydroxyl groups excluding tert-OH is 5. The highest BCUT2D eigenvalue weighted by Crippen LogP contribution is 2.24. The standard InChI is InChI=1S/C80H155NO8/c1-3-5-7-9-11-13-15-17-19-21-23-25-27-29-31-33-35-37-39-41-43-45-47-49-51-53-55-57-59-61-63-65-67-69-74(83)73(72-88-80-79(87)78(86)77(85)75(71-82)89-80)81-76(84)70-68-66-64-62-60-58-56-54-52-50-48-46-44-42-40-38-36-34-32-30-28-26-24-22-20-18-16-14-12-10-8-6-4-2/h59,61,67,69,73-75,77-80,82-83,85-87H,3-58,60,62-66,68,70-72H2,1-2H3,(H,81,84)/b61-59+,69-67+. The SMILES string of the molecule is CCCCCCCCCCCCCCCCCCCCCCCCCCCCC/C=C/CC/C=C/C(O)C(COC1OC(CO)C(O)C(O)C1O)NC(=O)CCCCCCCCCCCCCCCCCCCCCCCCCCCCCCCCCCC. The quantitative estimate of drug-likeness (QED) is 0.0261. The molecule has 0 saturated carbocycles. The zero-order valence-corrected chi connectivity index (χ0v) is 59.5. The number of unbranched alkanes of at least 4 members (excludes halogenated alkanes) is 60. The summed E-state index contributed by atoms with van der Waals surface area (Å²) in [6.45, 7) is 3.84. The Kier molecular flexibility index (Phi) is 66.9. The van der Waals surface area contributed by atoms with Crippen molar-refractivity contribution in [2.75, 3.05) is 13.2 Å². The summed E-state index contributed by atoms with van der Waals surface area (Å²) in [5, 5.41) is 54.9. The van der Waals surface area contributed by atoms with E-state index in [0.29, 0.717) is 6.42 Å². The first kappa shape index (κ1) is 85.7. The summed E-state index contributed by atoms with van der Waals surface area (Å²) in [5.41, 5.74) is 0. The van der Waals surface area contributed by atoms with Crippen molar-refractivity contribution in [3.05, 3.63) is 24.3 Å². The van der Waals surface area contributed by atoms with E-state index in [1.165, 1.54) is 366 Å². The van der Waals surface area contributed by atoms with E-state index in [9.17, 15) is 30.3 Å². The zero-order chi connectivity index (χ0) is 64.2. The Morgan fingerprint density at radius 1 is 0.371 bits per heavy atom. The number of rotatable bonds is 72. The fourth-order valence-corrected chi connectivity index (χ4v) is 13.3. The number of hydrogen-bond donors (Lipinski definition) is 6. The van der Waals surface area contributed by atoms with Crippen LogP contribution in [0, 0.1) is 0 Å². The molecular formula is C80H155NO8. The van der Waals surface area contributed by atoms with E-state index in [1.807, 2.05) is 6.08 Å². The van der Waals surface area contributed by atoms with E-state index in [0.717, 1.165) is 38.5 Å². The number of amides is 1. The minimum Gasteiger partial charge on any atom is -0.394 e. The minimum atomic E-state index is -1.57. The Morgan fingerprint density at radius 2 is 0.640 bits per heavy atom. The summed E-state index contributed by atoms with van der Waals surface area (Å²) in [6.07, 6.45) is 86.3. The minimum absolute atomic E-state index is 0.176. The largest absolute Gasteiger partial charge is 0.394 e. The molecule has 0 bridgehead atoms. The highest BCUT2D eigenvalue weighted by molar-refractivity contribution is 5.76. The molecule has 89 heavy (non-hydrogen) atoms. The summed E-state index contributed by atoms with van der Waals surface area (Å²) in [7, 11) is 0. The van der Waals surface area contributed by atoms with Crippen molar-refractivity contribution in [1.82, 2.24) is 5.32 Å². The van der Waals surface area contributed by atoms with Gasteiger partial charge in [0.25, 0.3) is 0 Å². The average Bonchev–Trinajstić information content (AvgIpc) is 2.28. The van der Waals surface area contributed by atoms with Crippen LogP contribution in [0.3, 0.4) is 0 Å². The van der Waals surface area contributed by atoms with Gasteiger partial charge in [0, 0.05) is 6.42 Å². The molecule has 9 nitrogen and oxygen atoms in total. The molecule has 7 unspecified atom stereocenters. The molecule has 1 heterocycles. The maximum atomic E-state index is 13.2. The highest BCUT2D eigenvalue weighted by Gasteiger charge is 2.44. The van der Waals surface area contributed by atoms with Crippen LogP contribution in [0.4, 0.5) is 0 Å². The summed E-state index contributed by atoms with van der Waals surface area (Å²) < 4.78 is 11.3. The van der Waals surface area contributed by atoms with Gasteiger partial charge in [0.15, 0.2) is 6.29 Å². The van der Waals surface area contributed by atoms with Crippen molar-refractivity contribution in [3.63, 3.8) is 0 Å². The van der Waals surface area contributed by atoms with Gasteiger partial charge < -0.3 is 40.3 Å². The Morgan fingerprint density at radius 3 is 0.944 bits per heavy atom. The van der Waals surface area contributed by atoms with E-state index < -0.39 is 49.5 Å². The van der Waals surface area contributed by atoms with Crippen molar-refractivity contribution in [2.45, 2.75) is 468 Å². The number of nitrogens with one attached hydrogen (secondary N) is 1. The molecule has 1 aliphatic rings. The number of carbonyl (C=O) groups is 1. The number of ether oxygens (including phenoxy) is 2. The molecule has 1 rings (SSSR count). The fraction of sp³-hybridized carbons (Fsp3) is 0.938. The Labute approximate surface area is 553 Å². The third kappa shape index (κ3) is 57.8. The van der Waals surface area contributed by atoms with E-state index in [1.54, 1.807) is 6.08 Å². The molecule has 0 aliphatic carbocycles. The van der Waals surface area contributed by atoms with Gasteiger partial charge in [0.2, 0.25) is 5.91 Å². The third-order valence-corrected chi connectivity index (χ3v) is 19.5. The van der Waals surface area contributed by atoms with Gasteiger partial charge in [-0.15, -0.1) is 0 Å². The van der Waals surface area contributed by atoms with Gasteiger partial charge in [-0.2, -0.15) is 0 Å². The van der Waals surface area contributed by atoms with Crippen LogP contribution in [0.25, 0.3) is 0 Å². The van der Waals surface area contributed by atoms with Crippen LogP contribution in [0.15, 0.2) is 24.3 Å². The summed E-state index contributed by atoms with van der Waals surface area (Å²) in [4.78, 5) is 13.2. The lowest BCUT2D eigenvalue weighted by Crippen LogP contribution is -2.60. The maximum absolute atomic E-state index is 13.2. The van der Waals surface area contributed by atoms with Gasteiger partial charge >= 0.3 is 0 Å². The van der Waals surface area contributed by atoms with Crippen molar-refractivity contribution < 1.29 is 39.8 Å². The molecule has 528 valence electrons. The number of carbonyl (C=O) groups excluding carboxylic acids is 1. The average molecular weight is 1260 g/mol. The monoisotopic (exact) mass is 1260 g/mol. The van der Waals surface area contributed by atoms with Gasteiger partial charge in [-0.25, -0.2) is 0 Å². The van der Waals surface area contributed by atoms with Gasteiger partial charge in [0.1, 0.15) is 24.4 Å². The molecule has 1 saturated heterocycles. The molecule has 6 N–H and O–H groups in total. The van der Waals surface area contributed by atoms with Crippen molar-refractivity contribution in [1.29, 1.82) is 0 Å². The smallest absolute Gasteiger partial charge is 0.220 e. The van der Waals surface area contributed by atoms with Crippen LogP contribution in [0.1, 0.15) is 425 Å². The van der Waals surface area contributed by atoms with Crippen LogP contribution in [0.2, 0.25) is 0 Å². The first-order chi connectivity index (χ1) is 43.8. The van der Waals surface area contributed by atoms with Crippen molar-refractivity contribution in [3.8, 4) is 0 Å². The third-order valence-electron chi connectivity index (χ3n) is 19.5. The van der Waals surface area contributed by atoms with Crippen LogP contribution in [-0.2, 0) is 14.3 Å². The second-order valence-corrected chi connectivity index (χ2v) is 28.2. The van der Waals surface area contributed by atoms with Crippen LogP contribution in [-0.4, -0.2) is 87.5 Å². The van der Waals surface area contributed by atoms with Gasteiger partial charge in [0.05, 0.1) is 25.4 Å². The molecule has 1 fully saturated rings. The predicted octanol–water partition coefficient (Wildman–Crippen LogP) is 22.8. The number of hydrogen-bond acceptors (Lipinski definition) is 8. The maximum Gasteiger partial charge on any atom is 0.220 e. The number of aliphatic hydroxyl groups is 5. The van der Waals surface area contributed by atoms with E-state index in [4.69, 9.17) is 9.47 Å². The van der Waals surface area contributed by atoms with E-state index in [2.05, 4.69) is 31.3 Å². The first-order valence-corrected chi connectivity index (χ1v) is 40.1. The Bertz CT molecular complexity index is 1460. The van der Waals surface area contributed by atoms with Crippen molar-refractivity contribution >= 4 is 5.91 Å². The van der Waals surface area contributed by atoms with Gasteiger partial charge in [-0.3, -0.25) is 4.79 Å². The highest BCUT2D eigenvalue weighted by atomic mass is 16.7. The van der Waals surface area contributed by atoms with Gasteiger partial charge in [-0.1, -0.05) is 411 Å². The number of allylic oxidation sites excluding steroid dienone is 3. The normalized spacial score (nSPS) is 17.9. The molecule has 7 atom stereocenters. The lowest BCUT2D eigenvalue weighted by atomic mass is 9.99. The molecule has 0 aromatic carbocycles. The molecule has 0 spiro atoms. The predicted molar refractivity (Wildman–Crippen MR) is 383 cm³/mol. The molecule has 0 aromatic heterocycles. The van der Waals surface area contributed by atoms with Crippen LogP contribution in [0.5, 0.6) is 0 Å². The second kappa shape index (κ2) is 69.5. The molecular weight excluding hydrogens is 1100 g/mol. The molecule has 1 amide bonds. The van der Waals surface area contributed by atoms with Gasteiger partial charge in [-0.05, 0) is 32.1 Å². The summed E-state index contributed by atoms with van der Waals surface area (Å²) in [5.74, 6) is -0.176.